The summed E-state index contributed by atoms with van der Waals surface area (Å²) in [5.41, 5.74) is 0. The molecule has 0 fully saturated rings. The molecule has 0 aromatic rings. The molecule has 0 aromatic heterocycles. The van der Waals surface area contributed by atoms with E-state index in [1.165, 1.54) is 0 Å². The fraction of sp³-hybridized carbons (Fsp3) is 0. The first-order valence-electron chi connectivity index (χ1n) is 0.524. The first-order valence-corrected chi connectivity index (χ1v) is 2.26. The van der Waals surface area contributed by atoms with Gasteiger partial charge < -0.3 is 4.46 Å². The molecule has 0 spiro atoms. The SMILES string of the molecule is O=[SiH2].[O]=[Y]. The van der Waals surface area contributed by atoms with Crippen molar-refractivity contribution >= 4 is 10.1 Å². The summed E-state index contributed by atoms with van der Waals surface area (Å²) in [6.45, 7) is 0. The molecule has 4 heavy (non-hydrogen) atoms. The van der Waals surface area contributed by atoms with Crippen LogP contribution in [0.3, 0.4) is 0 Å². The van der Waals surface area contributed by atoms with Crippen molar-refractivity contribution < 1.29 is 37.5 Å². The summed E-state index contributed by atoms with van der Waals surface area (Å²) >= 11 is 0.100. The molecule has 0 N–H and O–H groups in total. The molecule has 21 valence electrons. The summed E-state index contributed by atoms with van der Waals surface area (Å²) < 4.78 is 16.7. The van der Waals surface area contributed by atoms with E-state index < -0.39 is 0 Å². The van der Waals surface area contributed by atoms with Gasteiger partial charge in [0.05, 0.1) is 0 Å². The second-order valence-corrected chi connectivity index (χ2v) is 0. The standard InChI is InChI=1S/H2OSi.O.Y/c1-2;;/h2H2;;. The van der Waals surface area contributed by atoms with Gasteiger partial charge in [-0.25, -0.2) is 0 Å². The molecular formula is H2O2SiY. The van der Waals surface area contributed by atoms with E-state index in [4.69, 9.17) is 6.51 Å². The van der Waals surface area contributed by atoms with Gasteiger partial charge in [-0.15, -0.1) is 0 Å². The monoisotopic (exact) mass is 151 g/mol. The molecule has 0 amide bonds. The number of rotatable bonds is 0. The molecule has 0 rings (SSSR count). The maximum absolute atomic E-state index is 8.38. The van der Waals surface area contributed by atoms with E-state index in [2.05, 4.69) is 0 Å². The van der Waals surface area contributed by atoms with Gasteiger partial charge in [0.2, 0.25) is 10.1 Å². The molecule has 0 heterocycles. The Labute approximate surface area is 47.5 Å². The molecule has 2 nitrogen and oxygen atoms in total. The predicted octanol–water partition coefficient (Wildman–Crippen LogP) is -1.16. The molecule has 0 atom stereocenters. The summed E-state index contributed by atoms with van der Waals surface area (Å²) in [5.74, 6) is 0. The topological polar surface area (TPSA) is 34.1 Å². The van der Waals surface area contributed by atoms with Gasteiger partial charge in [0.1, 0.15) is 0 Å². The zero-order chi connectivity index (χ0) is 4.00. The predicted molar refractivity (Wildman–Crippen MR) is 9.92 cm³/mol. The van der Waals surface area contributed by atoms with Crippen molar-refractivity contribution in [3.63, 3.8) is 0 Å². The van der Waals surface area contributed by atoms with Crippen molar-refractivity contribution in [2.45, 2.75) is 0 Å². The van der Waals surface area contributed by atoms with Crippen molar-refractivity contribution in [3.8, 4) is 0 Å². The van der Waals surface area contributed by atoms with Crippen LogP contribution in [0.25, 0.3) is 0 Å². The van der Waals surface area contributed by atoms with E-state index >= 15 is 0 Å². The van der Waals surface area contributed by atoms with E-state index in [1.807, 2.05) is 0 Å². The summed E-state index contributed by atoms with van der Waals surface area (Å²) in [7, 11) is 0.611. The fourth-order valence-electron chi connectivity index (χ4n) is 0. The molecule has 0 aliphatic carbocycles. The molecule has 4 heteroatoms. The van der Waals surface area contributed by atoms with Crippen LogP contribution >= 0.6 is 0 Å². The Morgan fingerprint density at radius 1 is 1.25 bits per heavy atom. The van der Waals surface area contributed by atoms with Crippen LogP contribution in [0.1, 0.15) is 0 Å². The Kier molecular flexibility index (Phi) is 87.5. The minimum absolute atomic E-state index is 0.100. The summed E-state index contributed by atoms with van der Waals surface area (Å²) in [6.07, 6.45) is 0. The Morgan fingerprint density at radius 3 is 1.25 bits per heavy atom. The van der Waals surface area contributed by atoms with Crippen LogP contribution in [-0.4, -0.2) is 10.1 Å². The van der Waals surface area contributed by atoms with Gasteiger partial charge in [-0.1, -0.05) is 0 Å². The van der Waals surface area contributed by atoms with Crippen molar-refractivity contribution in [3.05, 3.63) is 0 Å². The van der Waals surface area contributed by atoms with Gasteiger partial charge in [0.15, 0.2) is 0 Å². The van der Waals surface area contributed by atoms with E-state index in [0.29, 0.717) is 10.1 Å². The van der Waals surface area contributed by atoms with E-state index in [-0.39, 0.29) is 31.0 Å². The van der Waals surface area contributed by atoms with Crippen LogP contribution in [0.5, 0.6) is 0 Å². The third-order valence-corrected chi connectivity index (χ3v) is 0. The fourth-order valence-corrected chi connectivity index (χ4v) is 0. The van der Waals surface area contributed by atoms with Crippen LogP contribution in [0, 0.1) is 0 Å². The van der Waals surface area contributed by atoms with Crippen LogP contribution < -0.4 is 0 Å². The van der Waals surface area contributed by atoms with Gasteiger partial charge in [-0.3, -0.25) is 0 Å². The summed E-state index contributed by atoms with van der Waals surface area (Å²) in [6, 6.07) is 0. The van der Waals surface area contributed by atoms with Crippen molar-refractivity contribution in [1.29, 1.82) is 0 Å². The third kappa shape index (κ3) is 12.7. The van der Waals surface area contributed by atoms with Crippen LogP contribution in [-0.2, 0) is 37.5 Å². The summed E-state index contributed by atoms with van der Waals surface area (Å²) in [5, 5.41) is 0. The van der Waals surface area contributed by atoms with Gasteiger partial charge in [-0.2, -0.15) is 0 Å². The quantitative estimate of drug-likeness (QED) is 0.409. The van der Waals surface area contributed by atoms with Crippen LogP contribution in [0.4, 0.5) is 0 Å². The molecule has 0 saturated carbocycles. The van der Waals surface area contributed by atoms with Gasteiger partial charge in [-0.05, 0) is 0 Å². The van der Waals surface area contributed by atoms with Crippen LogP contribution in [0.2, 0.25) is 0 Å². The molecule has 0 unspecified atom stereocenters. The van der Waals surface area contributed by atoms with Crippen molar-refractivity contribution in [2.24, 2.45) is 0 Å². The second-order valence-electron chi connectivity index (χ2n) is 0. The van der Waals surface area contributed by atoms with Gasteiger partial charge in [0.25, 0.3) is 0 Å². The molecule has 0 aromatic carbocycles. The number of hydrogen-bond donors (Lipinski definition) is 0. The molecule has 0 bridgehead atoms. The van der Waals surface area contributed by atoms with Gasteiger partial charge >= 0.3 is 33.1 Å². The average molecular weight is 151 g/mol. The van der Waals surface area contributed by atoms with E-state index in [9.17, 15) is 0 Å². The first-order chi connectivity index (χ1) is 2.00. The maximum atomic E-state index is 8.38. The Balaban J connectivity index is 0. The minimum atomic E-state index is 0.100. The Bertz CT molecular complexity index is 8.00. The molecule has 0 aliphatic rings. The number of hydrogen-bond acceptors (Lipinski definition) is 2. The van der Waals surface area contributed by atoms with Crippen molar-refractivity contribution in [2.75, 3.05) is 0 Å². The van der Waals surface area contributed by atoms with Gasteiger partial charge in [0, 0.05) is 0 Å². The molecular weight excluding hydrogens is 149 g/mol. The third-order valence-electron chi connectivity index (χ3n) is 0. The van der Waals surface area contributed by atoms with E-state index in [0.717, 1.165) is 0 Å². The van der Waals surface area contributed by atoms with E-state index in [1.54, 1.807) is 0 Å². The second kappa shape index (κ2) is 39.5. The Morgan fingerprint density at radius 2 is 1.25 bits per heavy atom. The molecule has 0 saturated heterocycles. The zero-order valence-corrected chi connectivity index (χ0v) is 6.35. The molecule has 0 radical (unpaired) electrons. The Hall–Kier alpha value is 0.921. The first kappa shape index (κ1) is 8.87. The summed E-state index contributed by atoms with van der Waals surface area (Å²) in [4.78, 5) is 0. The molecule has 0 aliphatic heterocycles. The zero-order valence-electron chi connectivity index (χ0n) is 2.10. The van der Waals surface area contributed by atoms with Crippen LogP contribution in [0.15, 0.2) is 0 Å². The van der Waals surface area contributed by atoms with Crippen molar-refractivity contribution in [1.82, 2.24) is 0 Å². The average Bonchev–Trinajstić information content (AvgIpc) is 1.50. The normalized spacial score (nSPS) is 2.50.